The summed E-state index contributed by atoms with van der Waals surface area (Å²) in [5, 5.41) is 8.04. The summed E-state index contributed by atoms with van der Waals surface area (Å²) in [6, 6.07) is 12.1. The molecule has 136 valence electrons. The van der Waals surface area contributed by atoms with Crippen molar-refractivity contribution in [3.05, 3.63) is 70.8 Å². The van der Waals surface area contributed by atoms with Gasteiger partial charge in [-0.1, -0.05) is 24.3 Å². The molecular formula is C18H15ClO7. The van der Waals surface area contributed by atoms with Crippen LogP contribution in [0.25, 0.3) is 0 Å². The Labute approximate surface area is 154 Å². The van der Waals surface area contributed by atoms with Gasteiger partial charge in [-0.2, -0.15) is 0 Å². The van der Waals surface area contributed by atoms with Gasteiger partial charge in [0.05, 0.1) is 30.9 Å². The maximum atomic E-state index is 11.1. The van der Waals surface area contributed by atoms with Crippen molar-refractivity contribution in [2.24, 2.45) is 0 Å². The second-order valence-electron chi connectivity index (χ2n) is 4.65. The van der Waals surface area contributed by atoms with Crippen LogP contribution in [0.1, 0.15) is 41.4 Å². The fourth-order valence-corrected chi connectivity index (χ4v) is 2.06. The molecule has 0 atom stereocenters. The normalized spacial score (nSPS) is 9.35. The van der Waals surface area contributed by atoms with Gasteiger partial charge in [-0.25, -0.2) is 14.4 Å². The number of esters is 2. The minimum Gasteiger partial charge on any atom is -0.478 e. The molecule has 8 heteroatoms. The molecule has 2 aromatic rings. The Morgan fingerprint density at radius 3 is 1.42 bits per heavy atom. The van der Waals surface area contributed by atoms with Crippen LogP contribution in [0, 0.1) is 0 Å². The fourth-order valence-electron chi connectivity index (χ4n) is 1.90. The van der Waals surface area contributed by atoms with E-state index in [2.05, 4.69) is 9.47 Å². The number of rotatable bonds is 4. The number of carbonyl (C=O) groups is 4. The summed E-state index contributed by atoms with van der Waals surface area (Å²) < 4.78 is 8.90. The summed E-state index contributed by atoms with van der Waals surface area (Å²) in [5.41, 5.74) is 0.368. The molecule has 0 unspecified atom stereocenters. The standard InChI is InChI=1S/C9H7ClO3.C9H8O4/c2*1-13-9(12)7-5-3-2-4-6(7)8(10)11/h2-5H,1H3;2-5H,1H3,(H,10,11). The molecule has 0 aliphatic heterocycles. The molecule has 26 heavy (non-hydrogen) atoms. The fraction of sp³-hybridized carbons (Fsp3) is 0.111. The Bertz CT molecular complexity index is 760. The summed E-state index contributed by atoms with van der Waals surface area (Å²) in [5.74, 6) is -2.34. The van der Waals surface area contributed by atoms with Gasteiger partial charge in [0.2, 0.25) is 0 Å². The third kappa shape index (κ3) is 5.42. The lowest BCUT2D eigenvalue weighted by Gasteiger charge is -2.02. The Morgan fingerprint density at radius 2 is 1.08 bits per heavy atom. The molecule has 0 bridgehead atoms. The summed E-state index contributed by atoms with van der Waals surface area (Å²) in [4.78, 5) is 43.6. The molecule has 7 nitrogen and oxygen atoms in total. The third-order valence-electron chi connectivity index (χ3n) is 3.11. The molecule has 0 amide bonds. The number of carboxylic acids is 1. The lowest BCUT2D eigenvalue weighted by atomic mass is 10.1. The third-order valence-corrected chi connectivity index (χ3v) is 3.31. The van der Waals surface area contributed by atoms with Crippen LogP contribution in [-0.4, -0.2) is 42.5 Å². The highest BCUT2D eigenvalue weighted by molar-refractivity contribution is 6.68. The molecule has 0 fully saturated rings. The van der Waals surface area contributed by atoms with E-state index >= 15 is 0 Å². The zero-order chi connectivity index (χ0) is 19.7. The number of ether oxygens (including phenoxy) is 2. The van der Waals surface area contributed by atoms with Crippen molar-refractivity contribution in [1.29, 1.82) is 0 Å². The van der Waals surface area contributed by atoms with Gasteiger partial charge in [0, 0.05) is 5.56 Å². The van der Waals surface area contributed by atoms with E-state index in [9.17, 15) is 19.2 Å². The van der Waals surface area contributed by atoms with Crippen LogP contribution >= 0.6 is 11.6 Å². The number of halogens is 1. The maximum absolute atomic E-state index is 11.1. The molecule has 1 N–H and O–H groups in total. The van der Waals surface area contributed by atoms with Crippen LogP contribution < -0.4 is 0 Å². The van der Waals surface area contributed by atoms with Gasteiger partial charge >= 0.3 is 17.9 Å². The van der Waals surface area contributed by atoms with Crippen molar-refractivity contribution in [3.63, 3.8) is 0 Å². The first-order chi connectivity index (χ1) is 12.3. The van der Waals surface area contributed by atoms with Crippen molar-refractivity contribution >= 4 is 34.8 Å². The number of carboxylic acid groups (broad SMARTS) is 1. The topological polar surface area (TPSA) is 107 Å². The molecule has 0 saturated carbocycles. The molecular weight excluding hydrogens is 364 g/mol. The van der Waals surface area contributed by atoms with Crippen LogP contribution in [0.15, 0.2) is 48.5 Å². The number of carbonyl (C=O) groups excluding carboxylic acids is 3. The van der Waals surface area contributed by atoms with E-state index < -0.39 is 23.2 Å². The molecule has 0 saturated heterocycles. The average Bonchev–Trinajstić information content (AvgIpc) is 2.67. The smallest absolute Gasteiger partial charge is 0.338 e. The van der Waals surface area contributed by atoms with Gasteiger partial charge in [-0.3, -0.25) is 4.79 Å². The first-order valence-corrected chi connectivity index (χ1v) is 7.49. The molecule has 0 aliphatic carbocycles. The van der Waals surface area contributed by atoms with Crippen molar-refractivity contribution in [3.8, 4) is 0 Å². The maximum Gasteiger partial charge on any atom is 0.338 e. The van der Waals surface area contributed by atoms with Crippen molar-refractivity contribution in [1.82, 2.24) is 0 Å². The molecule has 2 aromatic carbocycles. The van der Waals surface area contributed by atoms with E-state index in [-0.39, 0.29) is 22.3 Å². The number of aromatic carboxylic acids is 1. The van der Waals surface area contributed by atoms with E-state index in [4.69, 9.17) is 16.7 Å². The molecule has 0 radical (unpaired) electrons. The Balaban J connectivity index is 0.000000260. The second kappa shape index (κ2) is 9.95. The SMILES string of the molecule is COC(=O)c1ccccc1C(=O)Cl.COC(=O)c1ccccc1C(=O)O. The van der Waals surface area contributed by atoms with Gasteiger partial charge in [-0.05, 0) is 35.9 Å². The highest BCUT2D eigenvalue weighted by Crippen LogP contribution is 2.12. The minimum atomic E-state index is -1.14. The lowest BCUT2D eigenvalue weighted by Crippen LogP contribution is -2.09. The van der Waals surface area contributed by atoms with E-state index in [1.54, 1.807) is 24.3 Å². The van der Waals surface area contributed by atoms with E-state index in [0.717, 1.165) is 0 Å². The summed E-state index contributed by atoms with van der Waals surface area (Å²) in [6.45, 7) is 0. The first kappa shape index (κ1) is 20.9. The molecule has 0 aliphatic rings. The number of methoxy groups -OCH3 is 2. The van der Waals surface area contributed by atoms with Crippen LogP contribution in [0.5, 0.6) is 0 Å². The molecule has 0 spiro atoms. The largest absolute Gasteiger partial charge is 0.478 e. The quantitative estimate of drug-likeness (QED) is 0.643. The zero-order valence-corrected chi connectivity index (χ0v) is 14.6. The van der Waals surface area contributed by atoms with Crippen molar-refractivity contribution in [2.75, 3.05) is 14.2 Å². The summed E-state index contributed by atoms with van der Waals surface area (Å²) in [7, 11) is 2.46. The number of benzene rings is 2. The van der Waals surface area contributed by atoms with Crippen LogP contribution in [0.2, 0.25) is 0 Å². The van der Waals surface area contributed by atoms with E-state index in [1.807, 2.05) is 0 Å². The number of hydrogen-bond donors (Lipinski definition) is 1. The predicted octanol–water partition coefficient (Wildman–Crippen LogP) is 3.02. The second-order valence-corrected chi connectivity index (χ2v) is 5.00. The van der Waals surface area contributed by atoms with Gasteiger partial charge in [0.25, 0.3) is 5.24 Å². The van der Waals surface area contributed by atoms with Crippen LogP contribution in [-0.2, 0) is 9.47 Å². The Hall–Kier alpha value is -3.19. The summed E-state index contributed by atoms with van der Waals surface area (Å²) in [6.07, 6.45) is 0. The molecule has 0 aromatic heterocycles. The summed E-state index contributed by atoms with van der Waals surface area (Å²) >= 11 is 5.26. The molecule has 0 heterocycles. The minimum absolute atomic E-state index is 0.0469. The van der Waals surface area contributed by atoms with Gasteiger partial charge in [0.15, 0.2) is 0 Å². The van der Waals surface area contributed by atoms with E-state index in [1.165, 1.54) is 38.5 Å². The number of hydrogen-bond acceptors (Lipinski definition) is 6. The zero-order valence-electron chi connectivity index (χ0n) is 13.9. The lowest BCUT2D eigenvalue weighted by molar-refractivity contribution is 0.0581. The molecule has 2 rings (SSSR count). The Morgan fingerprint density at radius 1 is 0.731 bits per heavy atom. The Kier molecular flexibility index (Phi) is 7.98. The van der Waals surface area contributed by atoms with Crippen molar-refractivity contribution in [2.45, 2.75) is 0 Å². The van der Waals surface area contributed by atoms with Crippen LogP contribution in [0.4, 0.5) is 0 Å². The van der Waals surface area contributed by atoms with Crippen LogP contribution in [0.3, 0.4) is 0 Å². The van der Waals surface area contributed by atoms with Crippen molar-refractivity contribution < 1.29 is 33.8 Å². The van der Waals surface area contributed by atoms with E-state index in [0.29, 0.717) is 0 Å². The average molecular weight is 379 g/mol. The monoisotopic (exact) mass is 378 g/mol. The highest BCUT2D eigenvalue weighted by Gasteiger charge is 2.15. The first-order valence-electron chi connectivity index (χ1n) is 7.11. The highest BCUT2D eigenvalue weighted by atomic mass is 35.5. The predicted molar refractivity (Wildman–Crippen MR) is 92.7 cm³/mol. The van der Waals surface area contributed by atoms with Gasteiger partial charge in [0.1, 0.15) is 0 Å². The van der Waals surface area contributed by atoms with Gasteiger partial charge in [-0.15, -0.1) is 0 Å². The van der Waals surface area contributed by atoms with Gasteiger partial charge < -0.3 is 14.6 Å².